The lowest BCUT2D eigenvalue weighted by molar-refractivity contribution is -0.135. The first kappa shape index (κ1) is 29.4. The summed E-state index contributed by atoms with van der Waals surface area (Å²) in [6.45, 7) is 7.03. The number of carbonyl (C=O) groups is 1. The highest BCUT2D eigenvalue weighted by Gasteiger charge is 2.23. The second-order valence-corrected chi connectivity index (χ2v) is 10.4. The van der Waals surface area contributed by atoms with Crippen LogP contribution in [0.15, 0.2) is 79.0 Å². The van der Waals surface area contributed by atoms with Crippen molar-refractivity contribution in [2.45, 2.75) is 51.7 Å². The molecule has 1 aromatic heterocycles. The Kier molecular flexibility index (Phi) is 10.2. The van der Waals surface area contributed by atoms with Gasteiger partial charge in [-0.2, -0.15) is 0 Å². The van der Waals surface area contributed by atoms with E-state index in [1.165, 1.54) is 11.1 Å². The van der Waals surface area contributed by atoms with Crippen LogP contribution >= 0.6 is 0 Å². The van der Waals surface area contributed by atoms with E-state index in [4.69, 9.17) is 23.7 Å². The van der Waals surface area contributed by atoms with Crippen LogP contribution in [0.2, 0.25) is 0 Å². The van der Waals surface area contributed by atoms with Crippen LogP contribution in [0.1, 0.15) is 41.6 Å². The van der Waals surface area contributed by atoms with Gasteiger partial charge in [0.1, 0.15) is 48.5 Å². The summed E-state index contributed by atoms with van der Waals surface area (Å²) < 4.78 is 26.6. The molecular formula is C34H38N2O6. The topological polar surface area (TPSA) is 98.5 Å². The highest BCUT2D eigenvalue weighted by Crippen LogP contribution is 2.24. The third-order valence-electron chi connectivity index (χ3n) is 6.82. The Morgan fingerprint density at radius 3 is 1.88 bits per heavy atom. The molecule has 3 aliphatic rings. The molecule has 0 spiro atoms. The van der Waals surface area contributed by atoms with Gasteiger partial charge in [-0.05, 0) is 66.8 Å². The van der Waals surface area contributed by atoms with Crippen molar-refractivity contribution in [2.75, 3.05) is 26.4 Å². The molecule has 220 valence electrons. The fourth-order valence-corrected chi connectivity index (χ4v) is 4.22. The number of H-pyrrole nitrogens is 1. The van der Waals surface area contributed by atoms with Crippen LogP contribution in [0.5, 0.6) is 17.2 Å². The minimum Gasteiger partial charge on any atom is -0.491 e. The Morgan fingerprint density at radius 1 is 0.833 bits per heavy atom. The quantitative estimate of drug-likeness (QED) is 0.158. The van der Waals surface area contributed by atoms with Crippen molar-refractivity contribution in [1.29, 1.82) is 0 Å². The fourth-order valence-electron chi connectivity index (χ4n) is 4.22. The molecule has 3 aromatic carbocycles. The van der Waals surface area contributed by atoms with Crippen LogP contribution in [-0.4, -0.2) is 54.6 Å². The summed E-state index contributed by atoms with van der Waals surface area (Å²) in [4.78, 5) is 18.0. The van der Waals surface area contributed by atoms with Gasteiger partial charge in [-0.3, -0.25) is 4.79 Å². The number of ether oxygens (including phenoxy) is 5. The summed E-state index contributed by atoms with van der Waals surface area (Å²) in [7, 11) is 0. The number of rotatable bonds is 9. The molecule has 1 N–H and O–H groups in total. The molecule has 2 saturated heterocycles. The SMILES string of the molecule is CCc1ncc(C)[nH]1.O=C1CCc2ccccc2O1.c1cc(OCC2CO2)ccc1Cc1ccc(OCC2CO2)cc1. The van der Waals surface area contributed by atoms with E-state index >= 15 is 0 Å². The molecular weight excluding hydrogens is 532 g/mol. The molecule has 2 unspecified atom stereocenters. The summed E-state index contributed by atoms with van der Waals surface area (Å²) >= 11 is 0. The van der Waals surface area contributed by atoms with Crippen molar-refractivity contribution in [3.63, 3.8) is 0 Å². The number of nitrogens with one attached hydrogen (secondary N) is 1. The number of aromatic amines is 1. The number of epoxide rings is 2. The second-order valence-electron chi connectivity index (χ2n) is 10.4. The van der Waals surface area contributed by atoms with E-state index in [-0.39, 0.29) is 5.97 Å². The highest BCUT2D eigenvalue weighted by molar-refractivity contribution is 5.75. The number of para-hydroxylation sites is 1. The lowest BCUT2D eigenvalue weighted by Crippen LogP contribution is -2.15. The van der Waals surface area contributed by atoms with Crippen LogP contribution in [-0.2, 0) is 33.5 Å². The van der Waals surface area contributed by atoms with E-state index in [0.717, 1.165) is 66.8 Å². The second kappa shape index (κ2) is 14.7. The summed E-state index contributed by atoms with van der Waals surface area (Å²) in [5.74, 6) is 3.47. The average molecular weight is 571 g/mol. The highest BCUT2D eigenvalue weighted by atomic mass is 16.6. The lowest BCUT2D eigenvalue weighted by Gasteiger charge is -2.13. The summed E-state index contributed by atoms with van der Waals surface area (Å²) in [5.41, 5.74) is 4.80. The standard InChI is InChI=1S/C19H20O4.C9H8O2.C6H10N2/c1-5-16(20-10-18-12-22-18)6-2-14(1)9-15-3-7-17(8-4-15)21-11-19-13-23-19;10-9-6-5-7-3-1-2-4-8(7)11-9;1-3-6-7-4-5(2)8-6/h1-8,18-19H,9-13H2;1-4H,5-6H2;4H,3H2,1-2H3,(H,7,8). The van der Waals surface area contributed by atoms with E-state index < -0.39 is 0 Å². The lowest BCUT2D eigenvalue weighted by atomic mass is 10.0. The molecule has 0 amide bonds. The van der Waals surface area contributed by atoms with E-state index in [1.807, 2.05) is 61.7 Å². The summed E-state index contributed by atoms with van der Waals surface area (Å²) in [6, 6.07) is 24.2. The molecule has 0 radical (unpaired) electrons. The predicted octanol–water partition coefficient (Wildman–Crippen LogP) is 5.65. The maximum atomic E-state index is 10.8. The summed E-state index contributed by atoms with van der Waals surface area (Å²) in [6.07, 6.45) is 5.65. The number of esters is 1. The van der Waals surface area contributed by atoms with Gasteiger partial charge in [-0.1, -0.05) is 49.4 Å². The molecule has 0 bridgehead atoms. The minimum atomic E-state index is -0.122. The van der Waals surface area contributed by atoms with Crippen molar-refractivity contribution in [3.8, 4) is 17.2 Å². The number of hydrogen-bond acceptors (Lipinski definition) is 7. The molecule has 2 atom stereocenters. The van der Waals surface area contributed by atoms with E-state index in [0.29, 0.717) is 31.8 Å². The Labute approximate surface area is 246 Å². The predicted molar refractivity (Wildman–Crippen MR) is 159 cm³/mol. The zero-order valence-electron chi connectivity index (χ0n) is 24.2. The molecule has 8 heteroatoms. The van der Waals surface area contributed by atoms with Gasteiger partial charge in [0, 0.05) is 18.3 Å². The molecule has 4 heterocycles. The van der Waals surface area contributed by atoms with Crippen LogP contribution < -0.4 is 14.2 Å². The Balaban J connectivity index is 0.000000153. The molecule has 42 heavy (non-hydrogen) atoms. The smallest absolute Gasteiger partial charge is 0.311 e. The Hall–Kier alpha value is -4.14. The van der Waals surface area contributed by atoms with Crippen LogP contribution in [0.4, 0.5) is 0 Å². The maximum Gasteiger partial charge on any atom is 0.311 e. The fraction of sp³-hybridized carbons (Fsp3) is 0.353. The number of fused-ring (bicyclic) bond motifs is 1. The van der Waals surface area contributed by atoms with Gasteiger partial charge >= 0.3 is 5.97 Å². The van der Waals surface area contributed by atoms with Crippen molar-refractivity contribution in [2.24, 2.45) is 0 Å². The van der Waals surface area contributed by atoms with E-state index in [2.05, 4.69) is 41.2 Å². The van der Waals surface area contributed by atoms with Crippen LogP contribution in [0.25, 0.3) is 0 Å². The van der Waals surface area contributed by atoms with Crippen molar-refractivity contribution >= 4 is 5.97 Å². The van der Waals surface area contributed by atoms with E-state index in [9.17, 15) is 4.79 Å². The third-order valence-corrected chi connectivity index (χ3v) is 6.82. The number of imidazole rings is 1. The van der Waals surface area contributed by atoms with Gasteiger partial charge in [0.25, 0.3) is 0 Å². The van der Waals surface area contributed by atoms with Crippen molar-refractivity contribution in [1.82, 2.24) is 9.97 Å². The van der Waals surface area contributed by atoms with Crippen LogP contribution in [0.3, 0.4) is 0 Å². The number of nitrogens with zero attached hydrogens (tertiary/aromatic N) is 1. The Bertz CT molecular complexity index is 1350. The maximum absolute atomic E-state index is 10.8. The van der Waals surface area contributed by atoms with Gasteiger partial charge in [-0.15, -0.1) is 0 Å². The zero-order chi connectivity index (χ0) is 29.1. The van der Waals surface area contributed by atoms with E-state index in [1.54, 1.807) is 0 Å². The number of benzene rings is 3. The van der Waals surface area contributed by atoms with Crippen molar-refractivity contribution < 1.29 is 28.5 Å². The number of hydrogen-bond donors (Lipinski definition) is 1. The number of carbonyl (C=O) groups excluding carboxylic acids is 1. The van der Waals surface area contributed by atoms with Crippen LogP contribution in [0, 0.1) is 6.92 Å². The first-order valence-electron chi connectivity index (χ1n) is 14.5. The molecule has 7 rings (SSSR count). The molecule has 0 aliphatic carbocycles. The first-order chi connectivity index (χ1) is 20.5. The minimum absolute atomic E-state index is 0.122. The normalized spacial score (nSPS) is 17.8. The average Bonchev–Trinajstić information content (AvgIpc) is 3.96. The number of aromatic nitrogens is 2. The molecule has 2 fully saturated rings. The Morgan fingerprint density at radius 2 is 1.40 bits per heavy atom. The van der Waals surface area contributed by atoms with Gasteiger partial charge in [0.2, 0.25) is 0 Å². The third kappa shape index (κ3) is 9.75. The zero-order valence-corrected chi connectivity index (χ0v) is 24.2. The van der Waals surface area contributed by atoms with Gasteiger partial charge in [0.05, 0.1) is 19.6 Å². The number of aryl methyl sites for hydroxylation is 3. The summed E-state index contributed by atoms with van der Waals surface area (Å²) in [5, 5.41) is 0. The first-order valence-corrected chi connectivity index (χ1v) is 14.5. The van der Waals surface area contributed by atoms with Gasteiger partial charge < -0.3 is 28.7 Å². The molecule has 4 aromatic rings. The molecule has 8 nitrogen and oxygen atoms in total. The largest absolute Gasteiger partial charge is 0.491 e. The van der Waals surface area contributed by atoms with Crippen molar-refractivity contribution in [3.05, 3.63) is 107 Å². The monoisotopic (exact) mass is 570 g/mol. The van der Waals surface area contributed by atoms with Gasteiger partial charge in [-0.25, -0.2) is 4.98 Å². The molecule has 3 aliphatic heterocycles. The van der Waals surface area contributed by atoms with Gasteiger partial charge in [0.15, 0.2) is 0 Å². The molecule has 0 saturated carbocycles.